The number of rotatable bonds is 4. The van der Waals surface area contributed by atoms with Crippen molar-refractivity contribution >= 4 is 17.6 Å². The standard InChI is InChI=1S/C15H17N3O3/c1-9-4-5-13(12(6-9)15(20)21)16-14(19)8-18-11(3)7-10(2)17-18/h4-7H,8H2,1-3H3,(H,16,19)(H,20,21). The van der Waals surface area contributed by atoms with E-state index in [1.54, 1.807) is 23.7 Å². The van der Waals surface area contributed by atoms with Gasteiger partial charge in [-0.3, -0.25) is 9.48 Å². The highest BCUT2D eigenvalue weighted by atomic mass is 16.4. The molecule has 1 aromatic carbocycles. The highest BCUT2D eigenvalue weighted by Crippen LogP contribution is 2.17. The summed E-state index contributed by atoms with van der Waals surface area (Å²) in [7, 11) is 0. The lowest BCUT2D eigenvalue weighted by molar-refractivity contribution is -0.116. The Hall–Kier alpha value is -2.63. The molecule has 0 bridgehead atoms. The zero-order chi connectivity index (χ0) is 15.6. The normalized spacial score (nSPS) is 10.4. The van der Waals surface area contributed by atoms with E-state index in [0.29, 0.717) is 5.69 Å². The highest BCUT2D eigenvalue weighted by molar-refractivity contribution is 6.00. The van der Waals surface area contributed by atoms with E-state index >= 15 is 0 Å². The topological polar surface area (TPSA) is 84.2 Å². The Morgan fingerprint density at radius 3 is 2.52 bits per heavy atom. The number of amides is 1. The number of anilines is 1. The summed E-state index contributed by atoms with van der Waals surface area (Å²) in [6.45, 7) is 5.56. The molecule has 110 valence electrons. The van der Waals surface area contributed by atoms with Gasteiger partial charge < -0.3 is 10.4 Å². The zero-order valence-corrected chi connectivity index (χ0v) is 12.2. The molecule has 6 nitrogen and oxygen atoms in total. The summed E-state index contributed by atoms with van der Waals surface area (Å²) < 4.78 is 1.58. The Labute approximate surface area is 122 Å². The van der Waals surface area contributed by atoms with Crippen molar-refractivity contribution in [1.82, 2.24) is 9.78 Å². The molecular formula is C15H17N3O3. The van der Waals surface area contributed by atoms with Crippen molar-refractivity contribution in [2.75, 3.05) is 5.32 Å². The first-order valence-corrected chi connectivity index (χ1v) is 6.51. The Morgan fingerprint density at radius 1 is 1.24 bits per heavy atom. The van der Waals surface area contributed by atoms with Gasteiger partial charge in [0.05, 0.1) is 16.9 Å². The van der Waals surface area contributed by atoms with Crippen LogP contribution in [0.25, 0.3) is 0 Å². The minimum absolute atomic E-state index is 0.0482. The van der Waals surface area contributed by atoms with Crippen LogP contribution < -0.4 is 5.32 Å². The number of carbonyl (C=O) groups is 2. The lowest BCUT2D eigenvalue weighted by atomic mass is 10.1. The summed E-state index contributed by atoms with van der Waals surface area (Å²) >= 11 is 0. The number of carboxylic acids is 1. The molecule has 1 amide bonds. The van der Waals surface area contributed by atoms with Gasteiger partial charge in [0.1, 0.15) is 6.54 Å². The van der Waals surface area contributed by atoms with Crippen LogP contribution in [-0.4, -0.2) is 26.8 Å². The molecule has 0 saturated carbocycles. The van der Waals surface area contributed by atoms with E-state index in [9.17, 15) is 14.7 Å². The fourth-order valence-corrected chi connectivity index (χ4v) is 2.10. The number of nitrogens with zero attached hydrogens (tertiary/aromatic N) is 2. The molecule has 0 radical (unpaired) electrons. The number of aromatic carboxylic acids is 1. The zero-order valence-electron chi connectivity index (χ0n) is 12.2. The Morgan fingerprint density at radius 2 is 1.95 bits per heavy atom. The lowest BCUT2D eigenvalue weighted by Gasteiger charge is -2.10. The minimum Gasteiger partial charge on any atom is -0.478 e. The van der Waals surface area contributed by atoms with Gasteiger partial charge in [-0.25, -0.2) is 4.79 Å². The maximum atomic E-state index is 12.0. The quantitative estimate of drug-likeness (QED) is 0.902. The van der Waals surface area contributed by atoms with E-state index < -0.39 is 5.97 Å². The number of carbonyl (C=O) groups excluding carboxylic acids is 1. The van der Waals surface area contributed by atoms with E-state index in [1.165, 1.54) is 6.07 Å². The first-order valence-electron chi connectivity index (χ1n) is 6.51. The van der Waals surface area contributed by atoms with Gasteiger partial charge in [-0.2, -0.15) is 5.10 Å². The van der Waals surface area contributed by atoms with Crippen LogP contribution in [0.5, 0.6) is 0 Å². The fourth-order valence-electron chi connectivity index (χ4n) is 2.10. The van der Waals surface area contributed by atoms with Gasteiger partial charge in [0.15, 0.2) is 0 Å². The molecule has 0 saturated heterocycles. The first kappa shape index (κ1) is 14.8. The molecule has 1 heterocycles. The van der Waals surface area contributed by atoms with Crippen molar-refractivity contribution in [3.63, 3.8) is 0 Å². The molecule has 6 heteroatoms. The Bertz CT molecular complexity index is 704. The van der Waals surface area contributed by atoms with E-state index in [-0.39, 0.29) is 18.0 Å². The molecule has 0 aliphatic rings. The molecule has 2 aromatic rings. The summed E-state index contributed by atoms with van der Waals surface area (Å²) in [5, 5.41) is 16.0. The molecule has 2 N–H and O–H groups in total. The maximum absolute atomic E-state index is 12.0. The number of nitrogens with one attached hydrogen (secondary N) is 1. The average Bonchev–Trinajstić information content (AvgIpc) is 2.69. The van der Waals surface area contributed by atoms with Gasteiger partial charge in [0, 0.05) is 5.69 Å². The van der Waals surface area contributed by atoms with Crippen LogP contribution in [0.3, 0.4) is 0 Å². The van der Waals surface area contributed by atoms with Crippen molar-refractivity contribution in [3.8, 4) is 0 Å². The third-order valence-corrected chi connectivity index (χ3v) is 3.08. The molecule has 0 unspecified atom stereocenters. The van der Waals surface area contributed by atoms with Crippen molar-refractivity contribution in [1.29, 1.82) is 0 Å². The molecular weight excluding hydrogens is 270 g/mol. The third kappa shape index (κ3) is 3.47. The first-order chi connectivity index (χ1) is 9.86. The van der Waals surface area contributed by atoms with Gasteiger partial charge in [0.2, 0.25) is 5.91 Å². The van der Waals surface area contributed by atoms with Gasteiger partial charge in [-0.05, 0) is 39.0 Å². The molecule has 1 aromatic heterocycles. The summed E-state index contributed by atoms with van der Waals surface area (Å²) in [6.07, 6.45) is 0. The summed E-state index contributed by atoms with van der Waals surface area (Å²) in [4.78, 5) is 23.2. The fraction of sp³-hybridized carbons (Fsp3) is 0.267. The third-order valence-electron chi connectivity index (χ3n) is 3.08. The monoisotopic (exact) mass is 287 g/mol. The van der Waals surface area contributed by atoms with Crippen LogP contribution >= 0.6 is 0 Å². The smallest absolute Gasteiger partial charge is 0.337 e. The largest absolute Gasteiger partial charge is 0.478 e. The predicted octanol–water partition coefficient (Wildman–Crippen LogP) is 2.15. The molecule has 21 heavy (non-hydrogen) atoms. The van der Waals surface area contributed by atoms with Crippen LogP contribution in [0.2, 0.25) is 0 Å². The van der Waals surface area contributed by atoms with Crippen molar-refractivity contribution in [2.24, 2.45) is 0 Å². The average molecular weight is 287 g/mol. The molecule has 0 aliphatic heterocycles. The second kappa shape index (κ2) is 5.78. The lowest BCUT2D eigenvalue weighted by Crippen LogP contribution is -2.21. The van der Waals surface area contributed by atoms with Crippen LogP contribution in [0, 0.1) is 20.8 Å². The highest BCUT2D eigenvalue weighted by Gasteiger charge is 2.14. The van der Waals surface area contributed by atoms with Gasteiger partial charge in [-0.15, -0.1) is 0 Å². The van der Waals surface area contributed by atoms with Crippen LogP contribution in [-0.2, 0) is 11.3 Å². The number of aromatic nitrogens is 2. The minimum atomic E-state index is -1.07. The second-order valence-corrected chi connectivity index (χ2v) is 4.99. The van der Waals surface area contributed by atoms with E-state index in [1.807, 2.05) is 19.9 Å². The Kier molecular flexibility index (Phi) is 4.07. The van der Waals surface area contributed by atoms with Gasteiger partial charge >= 0.3 is 5.97 Å². The number of carboxylic acid groups (broad SMARTS) is 1. The van der Waals surface area contributed by atoms with Gasteiger partial charge in [0.25, 0.3) is 0 Å². The molecule has 0 atom stereocenters. The number of benzene rings is 1. The number of hydrogen-bond donors (Lipinski definition) is 2. The molecule has 0 fully saturated rings. The SMILES string of the molecule is Cc1ccc(NC(=O)Cn2nc(C)cc2C)c(C(=O)O)c1. The Balaban J connectivity index is 2.16. The van der Waals surface area contributed by atoms with Crippen LogP contribution in [0.1, 0.15) is 27.3 Å². The van der Waals surface area contributed by atoms with Crippen molar-refractivity contribution in [2.45, 2.75) is 27.3 Å². The molecule has 2 rings (SSSR count). The van der Waals surface area contributed by atoms with Crippen LogP contribution in [0.4, 0.5) is 5.69 Å². The second-order valence-electron chi connectivity index (χ2n) is 4.99. The predicted molar refractivity (Wildman–Crippen MR) is 78.5 cm³/mol. The molecule has 0 aliphatic carbocycles. The van der Waals surface area contributed by atoms with Crippen molar-refractivity contribution < 1.29 is 14.7 Å². The molecule has 0 spiro atoms. The van der Waals surface area contributed by atoms with Gasteiger partial charge in [-0.1, -0.05) is 11.6 Å². The van der Waals surface area contributed by atoms with E-state index in [2.05, 4.69) is 10.4 Å². The van der Waals surface area contributed by atoms with E-state index in [4.69, 9.17) is 0 Å². The van der Waals surface area contributed by atoms with Crippen molar-refractivity contribution in [3.05, 3.63) is 46.8 Å². The summed E-state index contributed by atoms with van der Waals surface area (Å²) in [6, 6.07) is 6.76. The summed E-state index contributed by atoms with van der Waals surface area (Å²) in [5.41, 5.74) is 2.91. The van der Waals surface area contributed by atoms with E-state index in [0.717, 1.165) is 17.0 Å². The van der Waals surface area contributed by atoms with Crippen LogP contribution in [0.15, 0.2) is 24.3 Å². The summed E-state index contributed by atoms with van der Waals surface area (Å²) in [5.74, 6) is -1.38. The number of hydrogen-bond acceptors (Lipinski definition) is 3. The number of aryl methyl sites for hydroxylation is 3. The maximum Gasteiger partial charge on any atom is 0.337 e.